The smallest absolute Gasteiger partial charge is 0.131 e. The van der Waals surface area contributed by atoms with E-state index in [1.165, 1.54) is 0 Å². The van der Waals surface area contributed by atoms with E-state index in [2.05, 4.69) is 34.9 Å². The Kier molecular flexibility index (Phi) is 5.71. The minimum atomic E-state index is 0.450. The molecule has 0 fully saturated rings. The first-order valence-electron chi connectivity index (χ1n) is 7.13. The molecule has 2 rings (SSSR count). The van der Waals surface area contributed by atoms with Crippen molar-refractivity contribution in [3.05, 3.63) is 45.2 Å². The van der Waals surface area contributed by atoms with Crippen molar-refractivity contribution in [2.24, 2.45) is 0 Å². The van der Waals surface area contributed by atoms with E-state index in [4.69, 9.17) is 16.3 Å². The van der Waals surface area contributed by atoms with Gasteiger partial charge in [-0.3, -0.25) is 4.68 Å². The molecule has 0 aliphatic carbocycles. The second kappa shape index (κ2) is 7.32. The van der Waals surface area contributed by atoms with Crippen LogP contribution < -0.4 is 4.74 Å². The molecule has 21 heavy (non-hydrogen) atoms. The summed E-state index contributed by atoms with van der Waals surface area (Å²) < 4.78 is 9.09. The average Bonchev–Trinajstić information content (AvgIpc) is 2.81. The second-order valence-electron chi connectivity index (χ2n) is 4.86. The van der Waals surface area contributed by atoms with Crippen molar-refractivity contribution in [2.45, 2.75) is 46.2 Å². The normalized spacial score (nSPS) is 10.9. The topological polar surface area (TPSA) is 27.1 Å². The van der Waals surface area contributed by atoms with Gasteiger partial charge in [0, 0.05) is 12.1 Å². The highest BCUT2D eigenvalue weighted by molar-refractivity contribution is 9.10. The van der Waals surface area contributed by atoms with Crippen LogP contribution in [-0.2, 0) is 25.5 Å². The zero-order valence-corrected chi connectivity index (χ0v) is 15.0. The molecule has 0 saturated heterocycles. The van der Waals surface area contributed by atoms with Crippen molar-refractivity contribution >= 4 is 27.5 Å². The van der Waals surface area contributed by atoms with Gasteiger partial charge in [0.25, 0.3) is 0 Å². The van der Waals surface area contributed by atoms with Gasteiger partial charge in [-0.25, -0.2) is 0 Å². The molecule has 1 aromatic heterocycles. The van der Waals surface area contributed by atoms with Crippen molar-refractivity contribution in [1.82, 2.24) is 9.78 Å². The molecule has 114 valence electrons. The molecule has 0 unspecified atom stereocenters. The van der Waals surface area contributed by atoms with Gasteiger partial charge in [0.2, 0.25) is 0 Å². The van der Waals surface area contributed by atoms with Gasteiger partial charge in [-0.2, -0.15) is 5.10 Å². The van der Waals surface area contributed by atoms with Gasteiger partial charge in [-0.05, 0) is 41.8 Å². The highest BCUT2D eigenvalue weighted by Gasteiger charge is 2.15. The van der Waals surface area contributed by atoms with Crippen molar-refractivity contribution in [1.29, 1.82) is 0 Å². The third-order valence-corrected chi connectivity index (χ3v) is 4.69. The Hall–Kier alpha value is -1.000. The van der Waals surface area contributed by atoms with Gasteiger partial charge in [0.1, 0.15) is 12.4 Å². The average molecular weight is 372 g/mol. The predicted molar refractivity (Wildman–Crippen MR) is 90.0 cm³/mol. The van der Waals surface area contributed by atoms with E-state index in [1.807, 2.05) is 29.8 Å². The molecule has 0 atom stereocenters. The first kappa shape index (κ1) is 16.4. The number of alkyl halides is 1. The van der Waals surface area contributed by atoms with Crippen LogP contribution in [-0.4, -0.2) is 9.78 Å². The molecule has 0 radical (unpaired) electrons. The lowest BCUT2D eigenvalue weighted by molar-refractivity contribution is 0.287. The Morgan fingerprint density at radius 3 is 2.71 bits per heavy atom. The standard InChI is InChI=1S/C16H20BrClN2O/c1-4-13-15(17)14(20(5-2)19-13)10-21-16-11(3)7-6-8-12(16)9-18/h6-8H,4-5,9-10H2,1-3H3. The van der Waals surface area contributed by atoms with Crippen LogP contribution in [0.5, 0.6) is 5.75 Å². The van der Waals surface area contributed by atoms with E-state index >= 15 is 0 Å². The molecule has 0 spiro atoms. The third-order valence-electron chi connectivity index (χ3n) is 3.48. The van der Waals surface area contributed by atoms with Crippen molar-refractivity contribution in [3.8, 4) is 5.75 Å². The molecule has 0 aliphatic rings. The first-order valence-corrected chi connectivity index (χ1v) is 8.46. The van der Waals surface area contributed by atoms with Crippen molar-refractivity contribution < 1.29 is 4.74 Å². The van der Waals surface area contributed by atoms with Gasteiger partial charge in [-0.1, -0.05) is 25.1 Å². The minimum Gasteiger partial charge on any atom is -0.487 e. The monoisotopic (exact) mass is 370 g/mol. The molecule has 0 bridgehead atoms. The quantitative estimate of drug-likeness (QED) is 0.678. The van der Waals surface area contributed by atoms with Crippen LogP contribution in [0.1, 0.15) is 36.4 Å². The Balaban J connectivity index is 2.26. The zero-order chi connectivity index (χ0) is 15.4. The van der Waals surface area contributed by atoms with Gasteiger partial charge in [0.05, 0.1) is 21.7 Å². The summed E-state index contributed by atoms with van der Waals surface area (Å²) in [5, 5.41) is 4.59. The largest absolute Gasteiger partial charge is 0.487 e. The molecular weight excluding hydrogens is 352 g/mol. The molecule has 2 aromatic rings. The van der Waals surface area contributed by atoms with E-state index in [-0.39, 0.29) is 0 Å². The number of benzene rings is 1. The number of hydrogen-bond donors (Lipinski definition) is 0. The fraction of sp³-hybridized carbons (Fsp3) is 0.438. The molecular formula is C16H20BrClN2O. The van der Waals surface area contributed by atoms with E-state index in [1.54, 1.807) is 0 Å². The zero-order valence-electron chi connectivity index (χ0n) is 12.6. The van der Waals surface area contributed by atoms with E-state index in [0.29, 0.717) is 12.5 Å². The SMILES string of the molecule is CCc1nn(CC)c(COc2c(C)cccc2CCl)c1Br. The number of halogens is 2. The molecule has 5 heteroatoms. The Bertz CT molecular complexity index is 625. The summed E-state index contributed by atoms with van der Waals surface area (Å²) in [5.74, 6) is 1.33. The predicted octanol–water partition coefficient (Wildman–Crippen LogP) is 4.85. The number of nitrogens with zero attached hydrogens (tertiary/aromatic N) is 2. The molecule has 0 N–H and O–H groups in total. The number of aryl methyl sites for hydroxylation is 3. The molecule has 1 aromatic carbocycles. The lowest BCUT2D eigenvalue weighted by atomic mass is 10.1. The number of aromatic nitrogens is 2. The Morgan fingerprint density at radius 2 is 2.10 bits per heavy atom. The van der Waals surface area contributed by atoms with Crippen LogP contribution in [0.25, 0.3) is 0 Å². The van der Waals surface area contributed by atoms with Crippen LogP contribution in [0, 0.1) is 6.92 Å². The lowest BCUT2D eigenvalue weighted by Crippen LogP contribution is -2.08. The molecule has 0 aliphatic heterocycles. The summed E-state index contributed by atoms with van der Waals surface area (Å²) in [7, 11) is 0. The number of rotatable bonds is 6. The van der Waals surface area contributed by atoms with Gasteiger partial charge >= 0.3 is 0 Å². The minimum absolute atomic E-state index is 0.450. The van der Waals surface area contributed by atoms with Crippen LogP contribution in [0.15, 0.2) is 22.7 Å². The Morgan fingerprint density at radius 1 is 1.33 bits per heavy atom. The van der Waals surface area contributed by atoms with Crippen LogP contribution in [0.2, 0.25) is 0 Å². The molecule has 0 saturated carbocycles. The van der Waals surface area contributed by atoms with Gasteiger partial charge < -0.3 is 4.74 Å². The van der Waals surface area contributed by atoms with Crippen LogP contribution in [0.4, 0.5) is 0 Å². The van der Waals surface area contributed by atoms with Crippen LogP contribution in [0.3, 0.4) is 0 Å². The maximum Gasteiger partial charge on any atom is 0.131 e. The van der Waals surface area contributed by atoms with E-state index in [0.717, 1.165) is 45.7 Å². The van der Waals surface area contributed by atoms with Gasteiger partial charge in [0.15, 0.2) is 0 Å². The number of ether oxygens (including phenoxy) is 1. The Labute approximate surface area is 139 Å². The van der Waals surface area contributed by atoms with E-state index in [9.17, 15) is 0 Å². The summed E-state index contributed by atoms with van der Waals surface area (Å²) >= 11 is 9.64. The summed E-state index contributed by atoms with van der Waals surface area (Å²) in [5.41, 5.74) is 4.25. The summed E-state index contributed by atoms with van der Waals surface area (Å²) in [6.45, 7) is 7.53. The fourth-order valence-electron chi connectivity index (χ4n) is 2.32. The fourth-order valence-corrected chi connectivity index (χ4v) is 3.21. The first-order chi connectivity index (χ1) is 10.1. The summed E-state index contributed by atoms with van der Waals surface area (Å²) in [6, 6.07) is 6.04. The van der Waals surface area contributed by atoms with Crippen LogP contribution >= 0.6 is 27.5 Å². The summed E-state index contributed by atoms with van der Waals surface area (Å²) in [6.07, 6.45) is 0.901. The van der Waals surface area contributed by atoms with Gasteiger partial charge in [-0.15, -0.1) is 11.6 Å². The second-order valence-corrected chi connectivity index (χ2v) is 5.92. The highest BCUT2D eigenvalue weighted by atomic mass is 79.9. The highest BCUT2D eigenvalue weighted by Crippen LogP contribution is 2.28. The molecule has 0 amide bonds. The number of para-hydroxylation sites is 1. The van der Waals surface area contributed by atoms with Crippen molar-refractivity contribution in [3.63, 3.8) is 0 Å². The third kappa shape index (κ3) is 3.43. The molecule has 3 nitrogen and oxygen atoms in total. The molecule has 1 heterocycles. The maximum absolute atomic E-state index is 6.05. The van der Waals surface area contributed by atoms with Crippen molar-refractivity contribution in [2.75, 3.05) is 0 Å². The summed E-state index contributed by atoms with van der Waals surface area (Å²) in [4.78, 5) is 0. The van der Waals surface area contributed by atoms with E-state index < -0.39 is 0 Å². The lowest BCUT2D eigenvalue weighted by Gasteiger charge is -2.13. The maximum atomic E-state index is 6.05. The number of hydrogen-bond acceptors (Lipinski definition) is 2.